The van der Waals surface area contributed by atoms with Crippen LogP contribution in [0.15, 0.2) is 78.0 Å². The van der Waals surface area contributed by atoms with E-state index in [1.807, 2.05) is 93.6 Å². The van der Waals surface area contributed by atoms with Gasteiger partial charge in [0.05, 0.1) is 0 Å². The fraction of sp³-hybridized carbons (Fsp3) is 0.160. The number of carbonyl (C=O) groups excluding carboxylic acids is 1. The van der Waals surface area contributed by atoms with Crippen molar-refractivity contribution in [3.05, 3.63) is 95.1 Å². The molecule has 31 heavy (non-hydrogen) atoms. The van der Waals surface area contributed by atoms with Gasteiger partial charge in [-0.05, 0) is 43.5 Å². The van der Waals surface area contributed by atoms with Gasteiger partial charge in [0.15, 0.2) is 5.82 Å². The van der Waals surface area contributed by atoms with Gasteiger partial charge in [-0.3, -0.25) is 9.89 Å². The molecule has 0 saturated carbocycles. The van der Waals surface area contributed by atoms with Crippen molar-refractivity contribution in [3.8, 4) is 11.4 Å². The quantitative estimate of drug-likeness (QED) is 0.377. The Morgan fingerprint density at radius 3 is 2.39 bits per heavy atom. The van der Waals surface area contributed by atoms with E-state index in [0.29, 0.717) is 11.0 Å². The van der Waals surface area contributed by atoms with E-state index in [2.05, 4.69) is 20.5 Å². The largest absolute Gasteiger partial charge is 0.325 e. The van der Waals surface area contributed by atoms with Crippen LogP contribution in [0.4, 0.5) is 5.69 Å². The van der Waals surface area contributed by atoms with Gasteiger partial charge >= 0.3 is 0 Å². The van der Waals surface area contributed by atoms with Crippen LogP contribution in [-0.4, -0.2) is 21.1 Å². The lowest BCUT2D eigenvalue weighted by Crippen LogP contribution is -2.19. The maximum absolute atomic E-state index is 13.3. The molecule has 0 saturated heterocycles. The number of amides is 1. The van der Waals surface area contributed by atoms with Crippen molar-refractivity contribution in [1.29, 1.82) is 0 Å². The standard InChI is InChI=1S/C25H24N4OS/c1-16-10-13-20(14-11-16)23-27-25(29-28-23)31-22(19-7-5-4-6-8-19)24(30)26-21-15-17(2)9-12-18(21)3/h4-15,22H,1-3H3,(H,26,30)(H,27,28,29). The number of thioether (sulfide) groups is 1. The van der Waals surface area contributed by atoms with Crippen LogP contribution in [0.1, 0.15) is 27.5 Å². The summed E-state index contributed by atoms with van der Waals surface area (Å²) in [6.45, 7) is 6.05. The maximum Gasteiger partial charge on any atom is 0.242 e. The molecule has 2 N–H and O–H groups in total. The van der Waals surface area contributed by atoms with E-state index in [1.165, 1.54) is 17.3 Å². The van der Waals surface area contributed by atoms with Crippen molar-refractivity contribution < 1.29 is 4.79 Å². The highest BCUT2D eigenvalue weighted by Gasteiger charge is 2.24. The summed E-state index contributed by atoms with van der Waals surface area (Å²) < 4.78 is 0. The van der Waals surface area contributed by atoms with Crippen LogP contribution in [-0.2, 0) is 4.79 Å². The predicted octanol–water partition coefficient (Wildman–Crippen LogP) is 5.87. The summed E-state index contributed by atoms with van der Waals surface area (Å²) in [5.74, 6) is 0.579. The van der Waals surface area contributed by atoms with Crippen LogP contribution >= 0.6 is 11.8 Å². The van der Waals surface area contributed by atoms with Crippen molar-refractivity contribution in [1.82, 2.24) is 15.2 Å². The summed E-state index contributed by atoms with van der Waals surface area (Å²) in [5, 5.41) is 10.5. The number of rotatable bonds is 6. The first-order valence-electron chi connectivity index (χ1n) is 10.1. The summed E-state index contributed by atoms with van der Waals surface area (Å²) in [6.07, 6.45) is 0. The number of anilines is 1. The fourth-order valence-electron chi connectivity index (χ4n) is 3.21. The van der Waals surface area contributed by atoms with E-state index in [-0.39, 0.29) is 5.91 Å². The molecule has 0 aliphatic heterocycles. The Morgan fingerprint density at radius 2 is 1.65 bits per heavy atom. The highest BCUT2D eigenvalue weighted by molar-refractivity contribution is 8.00. The Morgan fingerprint density at radius 1 is 0.935 bits per heavy atom. The highest BCUT2D eigenvalue weighted by atomic mass is 32.2. The Labute approximate surface area is 186 Å². The number of H-pyrrole nitrogens is 1. The SMILES string of the molecule is Cc1ccc(-c2nc(SC(C(=O)Nc3cc(C)ccc3C)c3ccccc3)n[nH]2)cc1. The first-order chi connectivity index (χ1) is 15.0. The molecule has 3 aromatic carbocycles. The lowest BCUT2D eigenvalue weighted by molar-refractivity contribution is -0.115. The number of carbonyl (C=O) groups is 1. The molecule has 6 heteroatoms. The summed E-state index contributed by atoms with van der Waals surface area (Å²) in [7, 11) is 0. The Bertz CT molecular complexity index is 1190. The van der Waals surface area contributed by atoms with Gasteiger partial charge in [-0.15, -0.1) is 5.10 Å². The van der Waals surface area contributed by atoms with Gasteiger partial charge in [-0.25, -0.2) is 4.98 Å². The molecule has 0 bridgehead atoms. The monoisotopic (exact) mass is 428 g/mol. The number of benzene rings is 3. The third kappa shape index (κ3) is 5.03. The van der Waals surface area contributed by atoms with Crippen molar-refractivity contribution >= 4 is 23.4 Å². The third-order valence-electron chi connectivity index (χ3n) is 5.00. The number of nitrogens with zero attached hydrogens (tertiary/aromatic N) is 2. The summed E-state index contributed by atoms with van der Waals surface area (Å²) >= 11 is 1.33. The smallest absolute Gasteiger partial charge is 0.242 e. The number of aromatic amines is 1. The van der Waals surface area contributed by atoms with Gasteiger partial charge in [0.2, 0.25) is 11.1 Å². The molecule has 5 nitrogen and oxygen atoms in total. The average molecular weight is 429 g/mol. The first-order valence-corrected chi connectivity index (χ1v) is 11.0. The van der Waals surface area contributed by atoms with E-state index in [9.17, 15) is 4.79 Å². The minimum absolute atomic E-state index is 0.105. The van der Waals surface area contributed by atoms with Crippen LogP contribution in [0.3, 0.4) is 0 Å². The minimum Gasteiger partial charge on any atom is -0.325 e. The second kappa shape index (κ2) is 9.18. The van der Waals surface area contributed by atoms with Gasteiger partial charge in [0.25, 0.3) is 0 Å². The summed E-state index contributed by atoms with van der Waals surface area (Å²) in [4.78, 5) is 17.9. The molecular weight excluding hydrogens is 404 g/mol. The van der Waals surface area contributed by atoms with E-state index in [0.717, 1.165) is 27.9 Å². The molecule has 4 rings (SSSR count). The fourth-order valence-corrected chi connectivity index (χ4v) is 4.13. The minimum atomic E-state index is -0.484. The van der Waals surface area contributed by atoms with Crippen molar-refractivity contribution in [3.63, 3.8) is 0 Å². The molecule has 0 aliphatic rings. The van der Waals surface area contributed by atoms with Crippen LogP contribution in [0, 0.1) is 20.8 Å². The Hall–Kier alpha value is -3.38. The highest BCUT2D eigenvalue weighted by Crippen LogP contribution is 2.35. The average Bonchev–Trinajstić information content (AvgIpc) is 3.24. The molecule has 1 aromatic heterocycles. The summed E-state index contributed by atoms with van der Waals surface area (Å²) in [5.41, 5.74) is 5.99. The van der Waals surface area contributed by atoms with Gasteiger partial charge in [-0.1, -0.05) is 84.1 Å². The van der Waals surface area contributed by atoms with Gasteiger partial charge in [0, 0.05) is 11.3 Å². The first kappa shape index (κ1) is 20.9. The molecule has 156 valence electrons. The van der Waals surface area contributed by atoms with Gasteiger partial charge < -0.3 is 5.32 Å². The van der Waals surface area contributed by atoms with Crippen molar-refractivity contribution in [2.24, 2.45) is 0 Å². The third-order valence-corrected chi connectivity index (χ3v) is 6.12. The zero-order valence-electron chi connectivity index (χ0n) is 17.7. The van der Waals surface area contributed by atoms with Crippen LogP contribution in [0.25, 0.3) is 11.4 Å². The molecule has 0 radical (unpaired) electrons. The van der Waals surface area contributed by atoms with E-state index in [4.69, 9.17) is 0 Å². The zero-order valence-corrected chi connectivity index (χ0v) is 18.5. The van der Waals surface area contributed by atoms with Crippen LogP contribution < -0.4 is 5.32 Å². The van der Waals surface area contributed by atoms with Gasteiger partial charge in [0.1, 0.15) is 5.25 Å². The number of hydrogen-bond acceptors (Lipinski definition) is 4. The van der Waals surface area contributed by atoms with E-state index in [1.54, 1.807) is 0 Å². The Kier molecular flexibility index (Phi) is 6.18. The molecule has 0 aliphatic carbocycles. The van der Waals surface area contributed by atoms with Crippen LogP contribution in [0.2, 0.25) is 0 Å². The van der Waals surface area contributed by atoms with Crippen molar-refractivity contribution in [2.75, 3.05) is 5.32 Å². The van der Waals surface area contributed by atoms with E-state index < -0.39 is 5.25 Å². The maximum atomic E-state index is 13.3. The normalized spacial score (nSPS) is 11.8. The molecule has 0 fully saturated rings. The molecule has 1 heterocycles. The second-order valence-electron chi connectivity index (χ2n) is 7.55. The molecule has 0 spiro atoms. The van der Waals surface area contributed by atoms with Crippen LogP contribution in [0.5, 0.6) is 0 Å². The number of aryl methyl sites for hydroxylation is 3. The second-order valence-corrected chi connectivity index (χ2v) is 8.62. The topological polar surface area (TPSA) is 70.7 Å². The number of nitrogens with one attached hydrogen (secondary N) is 2. The lowest BCUT2D eigenvalue weighted by atomic mass is 10.1. The number of hydrogen-bond donors (Lipinski definition) is 2. The summed E-state index contributed by atoms with van der Waals surface area (Å²) in [6, 6.07) is 23.8. The Balaban J connectivity index is 1.60. The predicted molar refractivity (Wildman–Crippen MR) is 126 cm³/mol. The molecule has 1 atom stereocenters. The molecule has 1 amide bonds. The molecule has 4 aromatic rings. The van der Waals surface area contributed by atoms with Gasteiger partial charge in [-0.2, -0.15) is 0 Å². The number of aromatic nitrogens is 3. The molecular formula is C25H24N4OS. The molecule has 1 unspecified atom stereocenters. The van der Waals surface area contributed by atoms with Crippen molar-refractivity contribution in [2.45, 2.75) is 31.2 Å². The van der Waals surface area contributed by atoms with E-state index >= 15 is 0 Å². The lowest BCUT2D eigenvalue weighted by Gasteiger charge is -2.17. The zero-order chi connectivity index (χ0) is 21.8.